The molecule has 0 radical (unpaired) electrons. The highest BCUT2D eigenvalue weighted by Gasteiger charge is 2.37. The van der Waals surface area contributed by atoms with Crippen LogP contribution in [0.5, 0.6) is 0 Å². The van der Waals surface area contributed by atoms with Crippen molar-refractivity contribution in [1.82, 2.24) is 0 Å². The Morgan fingerprint density at radius 1 is 1.67 bits per heavy atom. The number of esters is 1. The second-order valence-electron chi connectivity index (χ2n) is 3.86. The van der Waals surface area contributed by atoms with Crippen molar-refractivity contribution in [2.24, 2.45) is 11.8 Å². The second-order valence-corrected chi connectivity index (χ2v) is 3.86. The zero-order valence-corrected chi connectivity index (χ0v) is 8.99. The molecule has 15 heavy (non-hydrogen) atoms. The van der Waals surface area contributed by atoms with E-state index in [4.69, 9.17) is 6.42 Å². The molecule has 0 aromatic carbocycles. The molecular formula is C12H16O3. The number of hydrogen-bond acceptors (Lipinski definition) is 3. The Labute approximate surface area is 90.2 Å². The van der Waals surface area contributed by atoms with Gasteiger partial charge >= 0.3 is 5.97 Å². The summed E-state index contributed by atoms with van der Waals surface area (Å²) in [4.78, 5) is 23.1. The van der Waals surface area contributed by atoms with Gasteiger partial charge in [-0.1, -0.05) is 0 Å². The van der Waals surface area contributed by atoms with Gasteiger partial charge in [0.1, 0.15) is 11.7 Å². The van der Waals surface area contributed by atoms with E-state index in [1.807, 2.05) is 0 Å². The molecule has 2 unspecified atom stereocenters. The molecule has 1 aliphatic carbocycles. The normalized spacial score (nSPS) is 25.7. The van der Waals surface area contributed by atoms with Crippen molar-refractivity contribution < 1.29 is 14.3 Å². The Bertz CT molecular complexity index is 280. The van der Waals surface area contributed by atoms with E-state index in [9.17, 15) is 9.59 Å². The summed E-state index contributed by atoms with van der Waals surface area (Å²) in [5.74, 6) is 1.66. The molecule has 0 aromatic rings. The average Bonchev–Trinajstić information content (AvgIpc) is 2.25. The first-order valence-corrected chi connectivity index (χ1v) is 5.24. The lowest BCUT2D eigenvalue weighted by Gasteiger charge is -2.27. The lowest BCUT2D eigenvalue weighted by molar-refractivity contribution is -0.153. The van der Waals surface area contributed by atoms with Gasteiger partial charge in [-0.2, -0.15) is 0 Å². The van der Waals surface area contributed by atoms with Crippen molar-refractivity contribution >= 4 is 11.8 Å². The maximum Gasteiger partial charge on any atom is 0.316 e. The summed E-state index contributed by atoms with van der Waals surface area (Å²) in [6.45, 7) is 0. The van der Waals surface area contributed by atoms with E-state index in [2.05, 4.69) is 10.7 Å². The van der Waals surface area contributed by atoms with E-state index < -0.39 is 11.9 Å². The van der Waals surface area contributed by atoms with Gasteiger partial charge in [0, 0.05) is 12.8 Å². The highest BCUT2D eigenvalue weighted by atomic mass is 16.5. The molecule has 3 heteroatoms. The van der Waals surface area contributed by atoms with E-state index in [1.165, 1.54) is 7.11 Å². The van der Waals surface area contributed by atoms with Crippen molar-refractivity contribution in [2.75, 3.05) is 7.11 Å². The number of carbonyl (C=O) groups excluding carboxylic acids is 2. The van der Waals surface area contributed by atoms with Crippen LogP contribution in [0.1, 0.15) is 32.1 Å². The fourth-order valence-electron chi connectivity index (χ4n) is 2.15. The number of Topliss-reactive ketones (excluding diaryl/α,β-unsaturated/α-hetero) is 1. The highest BCUT2D eigenvalue weighted by Crippen LogP contribution is 2.31. The monoisotopic (exact) mass is 208 g/mol. The standard InChI is InChI=1S/C12H16O3/c1-3-4-6-9-7-5-8-10(13)11(9)12(14)15-2/h1,9,11H,4-8H2,2H3. The van der Waals surface area contributed by atoms with Crippen LogP contribution in [-0.2, 0) is 14.3 Å². The Hall–Kier alpha value is -1.30. The summed E-state index contributed by atoms with van der Waals surface area (Å²) in [5, 5.41) is 0. The van der Waals surface area contributed by atoms with Gasteiger partial charge in [0.05, 0.1) is 7.11 Å². The van der Waals surface area contributed by atoms with Gasteiger partial charge in [-0.15, -0.1) is 12.3 Å². The third-order valence-electron chi connectivity index (χ3n) is 2.93. The molecule has 1 fully saturated rings. The minimum absolute atomic E-state index is 0.00937. The molecule has 0 saturated heterocycles. The number of hydrogen-bond donors (Lipinski definition) is 0. The van der Waals surface area contributed by atoms with Gasteiger partial charge < -0.3 is 4.74 Å². The molecule has 2 atom stereocenters. The first-order valence-electron chi connectivity index (χ1n) is 5.24. The smallest absolute Gasteiger partial charge is 0.316 e. The minimum atomic E-state index is -0.572. The van der Waals surface area contributed by atoms with Crippen molar-refractivity contribution in [2.45, 2.75) is 32.1 Å². The topological polar surface area (TPSA) is 43.4 Å². The van der Waals surface area contributed by atoms with Crippen LogP contribution in [0.2, 0.25) is 0 Å². The number of ketones is 1. The zero-order valence-electron chi connectivity index (χ0n) is 8.99. The SMILES string of the molecule is C#CCCC1CCCC(=O)C1C(=O)OC. The molecule has 0 amide bonds. The molecule has 0 spiro atoms. The van der Waals surface area contributed by atoms with Crippen molar-refractivity contribution in [3.63, 3.8) is 0 Å². The molecule has 0 N–H and O–H groups in total. The van der Waals surface area contributed by atoms with Crippen LogP contribution in [0.15, 0.2) is 0 Å². The van der Waals surface area contributed by atoms with Gasteiger partial charge in [0.25, 0.3) is 0 Å². The minimum Gasteiger partial charge on any atom is -0.468 e. The molecule has 0 aromatic heterocycles. The van der Waals surface area contributed by atoms with Crippen LogP contribution in [0, 0.1) is 24.2 Å². The zero-order chi connectivity index (χ0) is 11.3. The van der Waals surface area contributed by atoms with Crippen LogP contribution >= 0.6 is 0 Å². The third-order valence-corrected chi connectivity index (χ3v) is 2.93. The summed E-state index contributed by atoms with van der Waals surface area (Å²) in [6, 6.07) is 0. The van der Waals surface area contributed by atoms with Crippen LogP contribution in [-0.4, -0.2) is 18.9 Å². The predicted molar refractivity (Wildman–Crippen MR) is 55.9 cm³/mol. The fraction of sp³-hybridized carbons (Fsp3) is 0.667. The Balaban J connectivity index is 2.69. The number of rotatable bonds is 3. The molecule has 1 rings (SSSR count). The molecular weight excluding hydrogens is 192 g/mol. The van der Waals surface area contributed by atoms with E-state index in [1.54, 1.807) is 0 Å². The summed E-state index contributed by atoms with van der Waals surface area (Å²) in [6.07, 6.45) is 8.79. The van der Waals surface area contributed by atoms with Crippen molar-refractivity contribution in [1.29, 1.82) is 0 Å². The maximum atomic E-state index is 11.6. The van der Waals surface area contributed by atoms with Gasteiger partial charge in [-0.3, -0.25) is 9.59 Å². The van der Waals surface area contributed by atoms with E-state index >= 15 is 0 Å². The maximum absolute atomic E-state index is 11.6. The number of ether oxygens (including phenoxy) is 1. The first-order chi connectivity index (χ1) is 7.20. The van der Waals surface area contributed by atoms with E-state index in [0.29, 0.717) is 12.8 Å². The van der Waals surface area contributed by atoms with E-state index in [0.717, 1.165) is 19.3 Å². The Morgan fingerprint density at radius 2 is 2.40 bits per heavy atom. The number of carbonyl (C=O) groups is 2. The van der Waals surface area contributed by atoms with Gasteiger partial charge in [0.15, 0.2) is 0 Å². The van der Waals surface area contributed by atoms with Crippen LogP contribution < -0.4 is 0 Å². The lowest BCUT2D eigenvalue weighted by atomic mass is 9.76. The van der Waals surface area contributed by atoms with Crippen molar-refractivity contribution in [3.05, 3.63) is 0 Å². The number of terminal acetylenes is 1. The fourth-order valence-corrected chi connectivity index (χ4v) is 2.15. The predicted octanol–water partition coefficient (Wildman–Crippen LogP) is 1.56. The van der Waals surface area contributed by atoms with Crippen LogP contribution in [0.4, 0.5) is 0 Å². The second kappa shape index (κ2) is 5.55. The summed E-state index contributed by atoms with van der Waals surface area (Å²) in [7, 11) is 1.32. The molecule has 0 bridgehead atoms. The molecule has 82 valence electrons. The van der Waals surface area contributed by atoms with E-state index in [-0.39, 0.29) is 11.7 Å². The van der Waals surface area contributed by atoms with Crippen molar-refractivity contribution in [3.8, 4) is 12.3 Å². The number of methoxy groups -OCH3 is 1. The molecule has 0 heterocycles. The third kappa shape index (κ3) is 2.82. The molecule has 1 aliphatic rings. The quantitative estimate of drug-likeness (QED) is 0.401. The summed E-state index contributed by atoms with van der Waals surface area (Å²) < 4.78 is 4.66. The Kier molecular flexibility index (Phi) is 4.36. The summed E-state index contributed by atoms with van der Waals surface area (Å²) >= 11 is 0. The van der Waals surface area contributed by atoms with Crippen LogP contribution in [0.3, 0.4) is 0 Å². The summed E-state index contributed by atoms with van der Waals surface area (Å²) in [5.41, 5.74) is 0. The Morgan fingerprint density at radius 3 is 3.00 bits per heavy atom. The highest BCUT2D eigenvalue weighted by molar-refractivity contribution is 5.99. The van der Waals surface area contributed by atoms with Crippen LogP contribution in [0.25, 0.3) is 0 Å². The molecule has 1 saturated carbocycles. The molecule has 3 nitrogen and oxygen atoms in total. The van der Waals surface area contributed by atoms with Gasteiger partial charge in [0.2, 0.25) is 0 Å². The first kappa shape index (κ1) is 11.8. The molecule has 0 aliphatic heterocycles. The lowest BCUT2D eigenvalue weighted by Crippen LogP contribution is -2.35. The largest absolute Gasteiger partial charge is 0.468 e. The van der Waals surface area contributed by atoms with Gasteiger partial charge in [-0.25, -0.2) is 0 Å². The van der Waals surface area contributed by atoms with Gasteiger partial charge in [-0.05, 0) is 25.2 Å². The average molecular weight is 208 g/mol.